The van der Waals surface area contributed by atoms with Gasteiger partial charge in [0, 0.05) is 6.42 Å². The van der Waals surface area contributed by atoms with Crippen LogP contribution in [0.1, 0.15) is 18.1 Å². The van der Waals surface area contributed by atoms with Gasteiger partial charge in [-0.05, 0) is 17.5 Å². The molecule has 0 fully saturated rings. The van der Waals surface area contributed by atoms with Gasteiger partial charge < -0.3 is 5.11 Å². The van der Waals surface area contributed by atoms with Crippen LogP contribution in [0, 0.1) is 0 Å². The maximum atomic E-state index is 12.0. The molecule has 0 spiro atoms. The summed E-state index contributed by atoms with van der Waals surface area (Å²) in [6, 6.07) is 6.79. The Kier molecular flexibility index (Phi) is 3.74. The highest BCUT2D eigenvalue weighted by Gasteiger charge is 2.37. The average molecular weight is 218 g/mol. The van der Waals surface area contributed by atoms with Crippen LogP contribution < -0.4 is 0 Å². The van der Waals surface area contributed by atoms with Crippen LogP contribution in [0.4, 0.5) is 13.2 Å². The van der Waals surface area contributed by atoms with E-state index in [0.717, 1.165) is 12.0 Å². The molecule has 1 atom stereocenters. The molecule has 84 valence electrons. The lowest BCUT2D eigenvalue weighted by atomic mass is 10.0. The van der Waals surface area contributed by atoms with Gasteiger partial charge in [0.2, 0.25) is 0 Å². The number of aliphatic hydroxyl groups is 1. The summed E-state index contributed by atoms with van der Waals surface area (Å²) in [5.74, 6) is 0. The van der Waals surface area contributed by atoms with Crippen LogP contribution in [0.15, 0.2) is 24.3 Å². The van der Waals surface area contributed by atoms with E-state index in [1.165, 1.54) is 0 Å². The van der Waals surface area contributed by atoms with Crippen LogP contribution in [0.2, 0.25) is 0 Å². The number of aliphatic hydroxyl groups excluding tert-OH is 1. The summed E-state index contributed by atoms with van der Waals surface area (Å²) < 4.78 is 36.1. The molecule has 0 unspecified atom stereocenters. The molecule has 4 heteroatoms. The number of hydrogen-bond acceptors (Lipinski definition) is 1. The Balaban J connectivity index is 2.65. The molecule has 0 saturated heterocycles. The SMILES string of the molecule is CCc1ccc(C[C@@H](O)C(F)(F)F)cc1. The normalized spacial score (nSPS) is 13.9. The van der Waals surface area contributed by atoms with Crippen LogP contribution in [0.3, 0.4) is 0 Å². The molecule has 1 rings (SSSR count). The standard InChI is InChI=1S/C11H13F3O/c1-2-8-3-5-9(6-4-8)7-10(15)11(12,13)14/h3-6,10,15H,2,7H2,1H3/t10-/m1/s1. The molecular weight excluding hydrogens is 205 g/mol. The minimum absolute atomic E-state index is 0.381. The Morgan fingerprint density at radius 1 is 1.13 bits per heavy atom. The Bertz CT molecular complexity index is 303. The molecule has 0 radical (unpaired) electrons. The lowest BCUT2D eigenvalue weighted by Crippen LogP contribution is -2.30. The molecule has 0 aliphatic carbocycles. The van der Waals surface area contributed by atoms with Crippen molar-refractivity contribution in [1.82, 2.24) is 0 Å². The fraction of sp³-hybridized carbons (Fsp3) is 0.455. The van der Waals surface area contributed by atoms with Crippen molar-refractivity contribution in [3.05, 3.63) is 35.4 Å². The van der Waals surface area contributed by atoms with Crippen molar-refractivity contribution < 1.29 is 18.3 Å². The maximum Gasteiger partial charge on any atom is 0.414 e. The number of hydrogen-bond donors (Lipinski definition) is 1. The highest BCUT2D eigenvalue weighted by atomic mass is 19.4. The second-order valence-corrected chi connectivity index (χ2v) is 3.43. The molecule has 1 aromatic rings. The first-order chi connectivity index (χ1) is 6.93. The van der Waals surface area contributed by atoms with Crippen LogP contribution in [-0.2, 0) is 12.8 Å². The fourth-order valence-electron chi connectivity index (χ4n) is 1.25. The van der Waals surface area contributed by atoms with Crippen LogP contribution in [0.5, 0.6) is 0 Å². The topological polar surface area (TPSA) is 20.2 Å². The highest BCUT2D eigenvalue weighted by Crippen LogP contribution is 2.23. The molecule has 0 aromatic heterocycles. The number of alkyl halides is 3. The second kappa shape index (κ2) is 4.66. The van der Waals surface area contributed by atoms with Gasteiger partial charge in [0.1, 0.15) is 0 Å². The van der Waals surface area contributed by atoms with Crippen molar-refractivity contribution in [2.24, 2.45) is 0 Å². The zero-order valence-electron chi connectivity index (χ0n) is 8.38. The van der Waals surface area contributed by atoms with Gasteiger partial charge in [0.05, 0.1) is 0 Å². The van der Waals surface area contributed by atoms with E-state index in [1.54, 1.807) is 24.3 Å². The summed E-state index contributed by atoms with van der Waals surface area (Å²) in [5.41, 5.74) is 1.57. The quantitative estimate of drug-likeness (QED) is 0.827. The van der Waals surface area contributed by atoms with Crippen molar-refractivity contribution in [3.63, 3.8) is 0 Å². The Morgan fingerprint density at radius 2 is 1.60 bits per heavy atom. The van der Waals surface area contributed by atoms with E-state index < -0.39 is 12.3 Å². The third kappa shape index (κ3) is 3.55. The van der Waals surface area contributed by atoms with Gasteiger partial charge in [-0.15, -0.1) is 0 Å². The third-order valence-corrected chi connectivity index (χ3v) is 2.24. The molecule has 0 aliphatic heterocycles. The first-order valence-corrected chi connectivity index (χ1v) is 4.76. The average Bonchev–Trinajstić information content (AvgIpc) is 2.17. The summed E-state index contributed by atoms with van der Waals surface area (Å²) in [6.07, 6.45) is -6.34. The van der Waals surface area contributed by atoms with Crippen molar-refractivity contribution >= 4 is 0 Å². The van der Waals surface area contributed by atoms with E-state index in [-0.39, 0.29) is 6.42 Å². The van der Waals surface area contributed by atoms with Gasteiger partial charge >= 0.3 is 6.18 Å². The van der Waals surface area contributed by atoms with E-state index in [2.05, 4.69) is 0 Å². The number of benzene rings is 1. The Hall–Kier alpha value is -1.03. The molecule has 1 nitrogen and oxygen atoms in total. The molecule has 0 bridgehead atoms. The van der Waals surface area contributed by atoms with Crippen LogP contribution in [-0.4, -0.2) is 17.4 Å². The van der Waals surface area contributed by atoms with Gasteiger partial charge in [-0.2, -0.15) is 13.2 Å². The summed E-state index contributed by atoms with van der Waals surface area (Å²) in [6.45, 7) is 1.97. The Labute approximate surface area is 86.5 Å². The van der Waals surface area contributed by atoms with Gasteiger partial charge in [-0.25, -0.2) is 0 Å². The predicted molar refractivity (Wildman–Crippen MR) is 51.6 cm³/mol. The zero-order chi connectivity index (χ0) is 11.5. The van der Waals surface area contributed by atoms with Crippen molar-refractivity contribution in [3.8, 4) is 0 Å². The van der Waals surface area contributed by atoms with Crippen molar-refractivity contribution in [2.45, 2.75) is 32.0 Å². The zero-order valence-corrected chi connectivity index (χ0v) is 8.38. The molecule has 0 aliphatic rings. The van der Waals surface area contributed by atoms with E-state index in [0.29, 0.717) is 5.56 Å². The molecule has 0 amide bonds. The van der Waals surface area contributed by atoms with E-state index >= 15 is 0 Å². The summed E-state index contributed by atoms with van der Waals surface area (Å²) in [5, 5.41) is 8.84. The second-order valence-electron chi connectivity index (χ2n) is 3.43. The highest BCUT2D eigenvalue weighted by molar-refractivity contribution is 5.23. The fourth-order valence-corrected chi connectivity index (χ4v) is 1.25. The minimum Gasteiger partial charge on any atom is -0.383 e. The number of rotatable bonds is 3. The van der Waals surface area contributed by atoms with Crippen molar-refractivity contribution in [2.75, 3.05) is 0 Å². The first-order valence-electron chi connectivity index (χ1n) is 4.76. The van der Waals surface area contributed by atoms with Gasteiger partial charge in [-0.1, -0.05) is 31.2 Å². The smallest absolute Gasteiger partial charge is 0.383 e. The van der Waals surface area contributed by atoms with E-state index in [9.17, 15) is 13.2 Å². The molecule has 1 N–H and O–H groups in total. The van der Waals surface area contributed by atoms with Crippen LogP contribution in [0.25, 0.3) is 0 Å². The molecule has 0 heterocycles. The first kappa shape index (κ1) is 12.0. The van der Waals surface area contributed by atoms with E-state index in [4.69, 9.17) is 5.11 Å². The lowest BCUT2D eigenvalue weighted by Gasteiger charge is -2.14. The van der Waals surface area contributed by atoms with Gasteiger partial charge in [0.25, 0.3) is 0 Å². The molecule has 15 heavy (non-hydrogen) atoms. The maximum absolute atomic E-state index is 12.0. The Morgan fingerprint density at radius 3 is 2.00 bits per heavy atom. The third-order valence-electron chi connectivity index (χ3n) is 2.24. The molecule has 1 aromatic carbocycles. The van der Waals surface area contributed by atoms with Crippen molar-refractivity contribution in [1.29, 1.82) is 0 Å². The van der Waals surface area contributed by atoms with Crippen LogP contribution >= 0.6 is 0 Å². The largest absolute Gasteiger partial charge is 0.414 e. The molecule has 0 saturated carbocycles. The monoisotopic (exact) mass is 218 g/mol. The summed E-state index contributed by atoms with van der Waals surface area (Å²) in [7, 11) is 0. The molecular formula is C11H13F3O. The summed E-state index contributed by atoms with van der Waals surface area (Å²) >= 11 is 0. The minimum atomic E-state index is -4.54. The van der Waals surface area contributed by atoms with E-state index in [1.807, 2.05) is 6.92 Å². The lowest BCUT2D eigenvalue weighted by molar-refractivity contribution is -0.203. The van der Waals surface area contributed by atoms with Gasteiger partial charge in [0.15, 0.2) is 6.10 Å². The number of halogens is 3. The number of aryl methyl sites for hydroxylation is 1. The summed E-state index contributed by atoms with van der Waals surface area (Å²) in [4.78, 5) is 0. The predicted octanol–water partition coefficient (Wildman–Crippen LogP) is 2.71. The van der Waals surface area contributed by atoms with Gasteiger partial charge in [-0.3, -0.25) is 0 Å².